The Hall–Kier alpha value is -0.760. The first kappa shape index (κ1) is 9.78. The standard InChI is InChI=1S/C12H18O2/c1-9(2)11-3-4-12(14-11)10-5-7-13-8-6-10/h3-4,9-10H,5-8H2,1-2H3. The van der Waals surface area contributed by atoms with Crippen molar-refractivity contribution in [2.24, 2.45) is 0 Å². The summed E-state index contributed by atoms with van der Waals surface area (Å²) in [6, 6.07) is 4.24. The molecule has 0 aliphatic carbocycles. The van der Waals surface area contributed by atoms with Gasteiger partial charge in [-0.2, -0.15) is 0 Å². The van der Waals surface area contributed by atoms with Crippen LogP contribution in [0.15, 0.2) is 16.5 Å². The molecule has 0 radical (unpaired) electrons. The van der Waals surface area contributed by atoms with Crippen LogP contribution in [0.3, 0.4) is 0 Å². The van der Waals surface area contributed by atoms with Gasteiger partial charge in [0.25, 0.3) is 0 Å². The van der Waals surface area contributed by atoms with Crippen molar-refractivity contribution in [3.8, 4) is 0 Å². The monoisotopic (exact) mass is 194 g/mol. The van der Waals surface area contributed by atoms with E-state index in [2.05, 4.69) is 26.0 Å². The number of ether oxygens (including phenoxy) is 1. The van der Waals surface area contributed by atoms with Crippen molar-refractivity contribution in [2.75, 3.05) is 13.2 Å². The minimum absolute atomic E-state index is 0.489. The molecule has 1 aromatic heterocycles. The zero-order valence-corrected chi connectivity index (χ0v) is 8.95. The third-order valence-electron chi connectivity index (χ3n) is 2.84. The molecule has 0 unspecified atom stereocenters. The molecule has 78 valence electrons. The second kappa shape index (κ2) is 4.18. The van der Waals surface area contributed by atoms with Crippen molar-refractivity contribution in [1.82, 2.24) is 0 Å². The maximum Gasteiger partial charge on any atom is 0.107 e. The molecule has 0 N–H and O–H groups in total. The molecule has 2 rings (SSSR count). The Morgan fingerprint density at radius 2 is 1.93 bits per heavy atom. The van der Waals surface area contributed by atoms with E-state index in [1.165, 1.54) is 0 Å². The third kappa shape index (κ3) is 2.01. The van der Waals surface area contributed by atoms with Crippen LogP contribution in [-0.2, 0) is 4.74 Å². The smallest absolute Gasteiger partial charge is 0.107 e. The van der Waals surface area contributed by atoms with Gasteiger partial charge >= 0.3 is 0 Å². The highest BCUT2D eigenvalue weighted by Crippen LogP contribution is 2.30. The van der Waals surface area contributed by atoms with Crippen LogP contribution in [0, 0.1) is 0 Å². The van der Waals surface area contributed by atoms with Gasteiger partial charge in [-0.15, -0.1) is 0 Å². The van der Waals surface area contributed by atoms with Gasteiger partial charge in [0.05, 0.1) is 0 Å². The van der Waals surface area contributed by atoms with Crippen LogP contribution in [0.2, 0.25) is 0 Å². The summed E-state index contributed by atoms with van der Waals surface area (Å²) in [6.07, 6.45) is 2.20. The van der Waals surface area contributed by atoms with Gasteiger partial charge < -0.3 is 9.15 Å². The lowest BCUT2D eigenvalue weighted by Gasteiger charge is -2.19. The molecule has 0 atom stereocenters. The third-order valence-corrected chi connectivity index (χ3v) is 2.84. The highest BCUT2D eigenvalue weighted by molar-refractivity contribution is 5.13. The topological polar surface area (TPSA) is 22.4 Å². The molecule has 0 spiro atoms. The fourth-order valence-corrected chi connectivity index (χ4v) is 1.88. The van der Waals surface area contributed by atoms with Crippen molar-refractivity contribution < 1.29 is 9.15 Å². The molecule has 1 aromatic rings. The molecule has 1 aliphatic rings. The van der Waals surface area contributed by atoms with Crippen LogP contribution in [0.5, 0.6) is 0 Å². The minimum atomic E-state index is 0.489. The fourth-order valence-electron chi connectivity index (χ4n) is 1.88. The van der Waals surface area contributed by atoms with Crippen LogP contribution in [0.4, 0.5) is 0 Å². The number of rotatable bonds is 2. The lowest BCUT2D eigenvalue weighted by atomic mass is 9.98. The van der Waals surface area contributed by atoms with E-state index in [1.807, 2.05) is 0 Å². The first-order valence-electron chi connectivity index (χ1n) is 5.44. The number of furan rings is 1. The molecule has 14 heavy (non-hydrogen) atoms. The predicted octanol–water partition coefficient (Wildman–Crippen LogP) is 3.30. The van der Waals surface area contributed by atoms with E-state index < -0.39 is 0 Å². The lowest BCUT2D eigenvalue weighted by molar-refractivity contribution is 0.0803. The van der Waals surface area contributed by atoms with E-state index >= 15 is 0 Å². The van der Waals surface area contributed by atoms with Crippen molar-refractivity contribution in [1.29, 1.82) is 0 Å². The van der Waals surface area contributed by atoms with Crippen LogP contribution in [-0.4, -0.2) is 13.2 Å². The maximum absolute atomic E-state index is 5.83. The Bertz CT molecular complexity index is 282. The van der Waals surface area contributed by atoms with Gasteiger partial charge in [0.1, 0.15) is 11.5 Å². The van der Waals surface area contributed by atoms with Crippen LogP contribution in [0.25, 0.3) is 0 Å². The molecule has 1 aliphatic heterocycles. The number of hydrogen-bond acceptors (Lipinski definition) is 2. The second-order valence-electron chi connectivity index (χ2n) is 4.28. The van der Waals surface area contributed by atoms with Crippen LogP contribution < -0.4 is 0 Å². The molecule has 0 amide bonds. The number of hydrogen-bond donors (Lipinski definition) is 0. The average Bonchev–Trinajstić information content (AvgIpc) is 2.68. The Balaban J connectivity index is 2.07. The summed E-state index contributed by atoms with van der Waals surface area (Å²) in [5, 5.41) is 0. The average molecular weight is 194 g/mol. The Kier molecular flexibility index (Phi) is 2.92. The first-order chi connectivity index (χ1) is 6.77. The van der Waals surface area contributed by atoms with E-state index in [9.17, 15) is 0 Å². The van der Waals surface area contributed by atoms with Crippen LogP contribution in [0.1, 0.15) is 50.0 Å². The highest BCUT2D eigenvalue weighted by Gasteiger charge is 2.19. The minimum Gasteiger partial charge on any atom is -0.466 e. The van der Waals surface area contributed by atoms with Gasteiger partial charge in [0.15, 0.2) is 0 Å². The van der Waals surface area contributed by atoms with E-state index in [0.717, 1.165) is 37.6 Å². The zero-order chi connectivity index (χ0) is 9.97. The first-order valence-corrected chi connectivity index (χ1v) is 5.44. The molecule has 2 heteroatoms. The molecule has 1 saturated heterocycles. The fraction of sp³-hybridized carbons (Fsp3) is 0.667. The second-order valence-corrected chi connectivity index (χ2v) is 4.28. The SMILES string of the molecule is CC(C)c1ccc(C2CCOCC2)o1. The maximum atomic E-state index is 5.83. The van der Waals surface area contributed by atoms with E-state index in [0.29, 0.717) is 11.8 Å². The molecule has 1 fully saturated rings. The molecule has 2 nitrogen and oxygen atoms in total. The quantitative estimate of drug-likeness (QED) is 0.720. The summed E-state index contributed by atoms with van der Waals surface area (Å²) in [5.41, 5.74) is 0. The highest BCUT2D eigenvalue weighted by atomic mass is 16.5. The Labute approximate surface area is 85.3 Å². The normalized spacial score (nSPS) is 19.1. The zero-order valence-electron chi connectivity index (χ0n) is 8.95. The van der Waals surface area contributed by atoms with E-state index in [4.69, 9.17) is 9.15 Å². The van der Waals surface area contributed by atoms with Crippen molar-refractivity contribution in [2.45, 2.75) is 38.5 Å². The molecule has 2 heterocycles. The molecule has 0 bridgehead atoms. The molecular formula is C12H18O2. The summed E-state index contributed by atoms with van der Waals surface area (Å²) < 4.78 is 11.2. The molecular weight excluding hydrogens is 176 g/mol. The summed E-state index contributed by atoms with van der Waals surface area (Å²) >= 11 is 0. The van der Waals surface area contributed by atoms with Gasteiger partial charge in [-0.25, -0.2) is 0 Å². The molecule has 0 aromatic carbocycles. The van der Waals surface area contributed by atoms with Crippen molar-refractivity contribution in [3.63, 3.8) is 0 Å². The summed E-state index contributed by atoms with van der Waals surface area (Å²) in [5.74, 6) is 3.32. The lowest BCUT2D eigenvalue weighted by Crippen LogP contribution is -2.13. The Morgan fingerprint density at radius 3 is 2.50 bits per heavy atom. The van der Waals surface area contributed by atoms with Gasteiger partial charge in [0, 0.05) is 25.0 Å². The van der Waals surface area contributed by atoms with Crippen molar-refractivity contribution >= 4 is 0 Å². The van der Waals surface area contributed by atoms with Gasteiger partial charge in [0.2, 0.25) is 0 Å². The van der Waals surface area contributed by atoms with Gasteiger partial charge in [-0.1, -0.05) is 13.8 Å². The largest absolute Gasteiger partial charge is 0.466 e. The van der Waals surface area contributed by atoms with Gasteiger partial charge in [-0.05, 0) is 25.0 Å². The molecule has 0 saturated carbocycles. The Morgan fingerprint density at radius 1 is 1.21 bits per heavy atom. The van der Waals surface area contributed by atoms with Crippen molar-refractivity contribution in [3.05, 3.63) is 23.7 Å². The summed E-state index contributed by atoms with van der Waals surface area (Å²) in [4.78, 5) is 0. The van der Waals surface area contributed by atoms with E-state index in [-0.39, 0.29) is 0 Å². The van der Waals surface area contributed by atoms with E-state index in [1.54, 1.807) is 0 Å². The predicted molar refractivity (Wildman–Crippen MR) is 55.6 cm³/mol. The van der Waals surface area contributed by atoms with Gasteiger partial charge in [-0.3, -0.25) is 0 Å². The summed E-state index contributed by atoms with van der Waals surface area (Å²) in [7, 11) is 0. The summed E-state index contributed by atoms with van der Waals surface area (Å²) in [6.45, 7) is 6.07. The van der Waals surface area contributed by atoms with Crippen LogP contribution >= 0.6 is 0 Å².